The van der Waals surface area contributed by atoms with Crippen LogP contribution in [0.2, 0.25) is 0 Å². The standard InChI is InChI=1S/C23H27N3O4S/c1-14-10-15(2)20-19(11-14)31-23(24-20)26-8-6-25(7-9-26)22(27)16-12-17(28-3)21(30-5)18(13-16)29-4/h10-13H,6-9H2,1-5H3. The number of rotatable bonds is 5. The molecule has 1 aliphatic rings. The number of anilines is 1. The van der Waals surface area contributed by atoms with Crippen molar-refractivity contribution in [2.75, 3.05) is 52.4 Å². The van der Waals surface area contributed by atoms with Gasteiger partial charge in [-0.25, -0.2) is 4.98 Å². The van der Waals surface area contributed by atoms with E-state index in [0.29, 0.717) is 35.9 Å². The van der Waals surface area contributed by atoms with Crippen LogP contribution in [-0.4, -0.2) is 63.3 Å². The maximum atomic E-state index is 13.1. The quantitative estimate of drug-likeness (QED) is 0.598. The second-order valence-electron chi connectivity index (χ2n) is 7.62. The van der Waals surface area contributed by atoms with E-state index in [9.17, 15) is 4.79 Å². The number of hydrogen-bond donors (Lipinski definition) is 0. The molecule has 1 aromatic heterocycles. The van der Waals surface area contributed by atoms with Crippen molar-refractivity contribution < 1.29 is 19.0 Å². The highest BCUT2D eigenvalue weighted by Crippen LogP contribution is 2.38. The Morgan fingerprint density at radius 3 is 2.16 bits per heavy atom. The van der Waals surface area contributed by atoms with Crippen LogP contribution in [0.5, 0.6) is 17.2 Å². The SMILES string of the molecule is COc1cc(C(=O)N2CCN(c3nc4c(C)cc(C)cc4s3)CC2)cc(OC)c1OC. The molecule has 4 rings (SSSR count). The van der Waals surface area contributed by atoms with E-state index in [2.05, 4.69) is 30.9 Å². The smallest absolute Gasteiger partial charge is 0.254 e. The van der Waals surface area contributed by atoms with Gasteiger partial charge in [0.1, 0.15) is 0 Å². The van der Waals surface area contributed by atoms with Gasteiger partial charge in [-0.05, 0) is 43.2 Å². The minimum Gasteiger partial charge on any atom is -0.493 e. The van der Waals surface area contributed by atoms with E-state index in [1.807, 2.05) is 4.90 Å². The van der Waals surface area contributed by atoms with Gasteiger partial charge >= 0.3 is 0 Å². The van der Waals surface area contributed by atoms with E-state index < -0.39 is 0 Å². The number of carbonyl (C=O) groups excluding carboxylic acids is 1. The van der Waals surface area contributed by atoms with Gasteiger partial charge in [-0.15, -0.1) is 0 Å². The molecule has 0 N–H and O–H groups in total. The summed E-state index contributed by atoms with van der Waals surface area (Å²) in [6.45, 7) is 6.96. The Balaban J connectivity index is 1.50. The van der Waals surface area contributed by atoms with Gasteiger partial charge in [0.2, 0.25) is 5.75 Å². The van der Waals surface area contributed by atoms with E-state index in [1.165, 1.54) is 15.8 Å². The number of fused-ring (bicyclic) bond motifs is 1. The number of hydrogen-bond acceptors (Lipinski definition) is 7. The molecule has 0 saturated carbocycles. The van der Waals surface area contributed by atoms with Crippen molar-refractivity contribution in [2.45, 2.75) is 13.8 Å². The number of methoxy groups -OCH3 is 3. The van der Waals surface area contributed by atoms with Crippen LogP contribution in [0.3, 0.4) is 0 Å². The lowest BCUT2D eigenvalue weighted by molar-refractivity contribution is 0.0746. The van der Waals surface area contributed by atoms with Gasteiger partial charge in [0.05, 0.1) is 31.5 Å². The molecule has 0 radical (unpaired) electrons. The monoisotopic (exact) mass is 441 g/mol. The van der Waals surface area contributed by atoms with E-state index in [-0.39, 0.29) is 5.91 Å². The van der Waals surface area contributed by atoms with Crippen molar-refractivity contribution >= 4 is 32.6 Å². The lowest BCUT2D eigenvalue weighted by Crippen LogP contribution is -2.48. The molecule has 0 spiro atoms. The van der Waals surface area contributed by atoms with Crippen molar-refractivity contribution in [3.8, 4) is 17.2 Å². The Hall–Kier alpha value is -3.00. The molecular weight excluding hydrogens is 414 g/mol. The van der Waals surface area contributed by atoms with Crippen LogP contribution in [0.1, 0.15) is 21.5 Å². The Morgan fingerprint density at radius 1 is 0.935 bits per heavy atom. The lowest BCUT2D eigenvalue weighted by atomic mass is 10.1. The highest BCUT2D eigenvalue weighted by molar-refractivity contribution is 7.22. The molecule has 7 nitrogen and oxygen atoms in total. The average molecular weight is 442 g/mol. The number of amides is 1. The van der Waals surface area contributed by atoms with Crippen molar-refractivity contribution in [2.24, 2.45) is 0 Å². The summed E-state index contributed by atoms with van der Waals surface area (Å²) >= 11 is 1.72. The zero-order valence-corrected chi connectivity index (χ0v) is 19.3. The molecule has 1 saturated heterocycles. The Bertz CT molecular complexity index is 1090. The fourth-order valence-corrected chi connectivity index (χ4v) is 5.18. The summed E-state index contributed by atoms with van der Waals surface area (Å²) in [6, 6.07) is 7.76. The molecule has 1 fully saturated rings. The van der Waals surface area contributed by atoms with Crippen LogP contribution in [-0.2, 0) is 0 Å². The molecule has 0 atom stereocenters. The molecule has 0 bridgehead atoms. The van der Waals surface area contributed by atoms with Gasteiger partial charge in [-0.1, -0.05) is 17.4 Å². The first-order valence-corrected chi connectivity index (χ1v) is 11.0. The predicted molar refractivity (Wildman–Crippen MR) is 123 cm³/mol. The number of benzene rings is 2. The van der Waals surface area contributed by atoms with Crippen molar-refractivity contribution in [1.29, 1.82) is 0 Å². The van der Waals surface area contributed by atoms with Crippen LogP contribution in [0.15, 0.2) is 24.3 Å². The zero-order chi connectivity index (χ0) is 22.1. The van der Waals surface area contributed by atoms with Crippen molar-refractivity contribution in [3.63, 3.8) is 0 Å². The third-order valence-electron chi connectivity index (χ3n) is 5.57. The predicted octanol–water partition coefficient (Wildman–Crippen LogP) is 3.90. The van der Waals surface area contributed by atoms with Gasteiger partial charge in [0.25, 0.3) is 5.91 Å². The summed E-state index contributed by atoms with van der Waals surface area (Å²) in [7, 11) is 4.64. The van der Waals surface area contributed by atoms with Gasteiger partial charge in [0, 0.05) is 31.7 Å². The summed E-state index contributed by atoms with van der Waals surface area (Å²) in [6.07, 6.45) is 0. The summed E-state index contributed by atoms with van der Waals surface area (Å²) in [4.78, 5) is 22.1. The minimum absolute atomic E-state index is 0.0466. The van der Waals surface area contributed by atoms with E-state index in [0.717, 1.165) is 23.7 Å². The van der Waals surface area contributed by atoms with E-state index in [1.54, 1.807) is 44.8 Å². The van der Waals surface area contributed by atoms with Crippen LogP contribution >= 0.6 is 11.3 Å². The van der Waals surface area contributed by atoms with E-state index in [4.69, 9.17) is 19.2 Å². The number of ether oxygens (including phenoxy) is 3. The molecule has 2 heterocycles. The highest BCUT2D eigenvalue weighted by Gasteiger charge is 2.26. The van der Waals surface area contributed by atoms with Gasteiger partial charge in [-0.2, -0.15) is 0 Å². The Morgan fingerprint density at radius 2 is 1.58 bits per heavy atom. The third kappa shape index (κ3) is 3.99. The molecule has 0 aliphatic carbocycles. The fourth-order valence-electron chi connectivity index (χ4n) is 3.98. The second kappa shape index (κ2) is 8.63. The molecule has 1 amide bonds. The fraction of sp³-hybridized carbons (Fsp3) is 0.391. The third-order valence-corrected chi connectivity index (χ3v) is 6.63. The minimum atomic E-state index is -0.0466. The molecule has 1 aliphatic heterocycles. The summed E-state index contributed by atoms with van der Waals surface area (Å²) in [5.74, 6) is 1.38. The summed E-state index contributed by atoms with van der Waals surface area (Å²) < 4.78 is 17.3. The van der Waals surface area contributed by atoms with Gasteiger partial charge in [0.15, 0.2) is 16.6 Å². The topological polar surface area (TPSA) is 64.1 Å². The molecule has 164 valence electrons. The number of carbonyl (C=O) groups is 1. The number of thiazole rings is 1. The molecule has 31 heavy (non-hydrogen) atoms. The first-order valence-electron chi connectivity index (χ1n) is 10.2. The van der Waals surface area contributed by atoms with Crippen LogP contribution < -0.4 is 19.1 Å². The Labute approximate surface area is 186 Å². The Kier molecular flexibility index (Phi) is 5.91. The number of aryl methyl sites for hydroxylation is 2. The average Bonchev–Trinajstić information content (AvgIpc) is 3.22. The molecule has 3 aromatic rings. The van der Waals surface area contributed by atoms with Crippen molar-refractivity contribution in [1.82, 2.24) is 9.88 Å². The summed E-state index contributed by atoms with van der Waals surface area (Å²) in [5, 5.41) is 1.02. The molecule has 2 aromatic carbocycles. The maximum Gasteiger partial charge on any atom is 0.254 e. The van der Waals surface area contributed by atoms with Crippen LogP contribution in [0, 0.1) is 13.8 Å². The van der Waals surface area contributed by atoms with Crippen molar-refractivity contribution in [3.05, 3.63) is 41.0 Å². The number of nitrogens with zero attached hydrogens (tertiary/aromatic N) is 3. The normalized spacial score (nSPS) is 14.1. The summed E-state index contributed by atoms with van der Waals surface area (Å²) in [5.41, 5.74) is 4.05. The molecule has 0 unspecified atom stereocenters. The first kappa shape index (κ1) is 21.2. The zero-order valence-electron chi connectivity index (χ0n) is 18.5. The largest absolute Gasteiger partial charge is 0.493 e. The highest BCUT2D eigenvalue weighted by atomic mass is 32.1. The van der Waals surface area contributed by atoms with Gasteiger partial charge in [-0.3, -0.25) is 4.79 Å². The lowest BCUT2D eigenvalue weighted by Gasteiger charge is -2.34. The molecule has 8 heteroatoms. The molecular formula is C23H27N3O4S. The second-order valence-corrected chi connectivity index (χ2v) is 8.63. The van der Waals surface area contributed by atoms with Crippen LogP contribution in [0.4, 0.5) is 5.13 Å². The number of piperazine rings is 1. The first-order chi connectivity index (χ1) is 14.9. The van der Waals surface area contributed by atoms with E-state index >= 15 is 0 Å². The number of aromatic nitrogens is 1. The van der Waals surface area contributed by atoms with Crippen LogP contribution in [0.25, 0.3) is 10.2 Å². The van der Waals surface area contributed by atoms with Gasteiger partial charge < -0.3 is 24.0 Å². The maximum absolute atomic E-state index is 13.1.